The second kappa shape index (κ2) is 8.16. The van der Waals surface area contributed by atoms with Crippen molar-refractivity contribution in [3.05, 3.63) is 70.6 Å². The van der Waals surface area contributed by atoms with E-state index in [1.807, 2.05) is 31.2 Å². The van der Waals surface area contributed by atoms with Crippen LogP contribution in [0.15, 0.2) is 64.7 Å². The molecule has 9 heteroatoms. The van der Waals surface area contributed by atoms with Gasteiger partial charge >= 0.3 is 0 Å². The fourth-order valence-corrected chi connectivity index (χ4v) is 4.99. The number of carbonyl (C=O) groups excluding carboxylic acids is 1. The van der Waals surface area contributed by atoms with Crippen LogP contribution >= 0.6 is 11.8 Å². The standard InChI is InChI=1S/C23H21N5O3S/c1-14-5-3-4-6-19(14)28-21-18(12-24-28)22(30)27-16(13-32-23(27)26-21)11-20(29)25-15-7-9-17(31-2)10-8-15/h3-10,12,16H,11,13H2,1-2H3,(H,25,29). The van der Waals surface area contributed by atoms with Crippen LogP contribution in [0.4, 0.5) is 5.69 Å². The topological polar surface area (TPSA) is 91.0 Å². The smallest absolute Gasteiger partial charge is 0.265 e. The summed E-state index contributed by atoms with van der Waals surface area (Å²) in [7, 11) is 1.59. The summed E-state index contributed by atoms with van der Waals surface area (Å²) in [5.41, 5.74) is 2.98. The molecule has 0 fully saturated rings. The molecular formula is C23H21N5O3S. The molecule has 3 heterocycles. The Morgan fingerprint density at radius 1 is 1.22 bits per heavy atom. The quantitative estimate of drug-likeness (QED) is 0.470. The lowest BCUT2D eigenvalue weighted by Crippen LogP contribution is -2.27. The Balaban J connectivity index is 1.42. The number of hydrogen-bond donors (Lipinski definition) is 1. The molecule has 0 radical (unpaired) electrons. The van der Waals surface area contributed by atoms with Crippen molar-refractivity contribution in [2.45, 2.75) is 24.5 Å². The highest BCUT2D eigenvalue weighted by Crippen LogP contribution is 2.33. The summed E-state index contributed by atoms with van der Waals surface area (Å²) in [6, 6.07) is 14.7. The second-order valence-corrected chi connectivity index (χ2v) is 8.58. The van der Waals surface area contributed by atoms with Gasteiger partial charge < -0.3 is 10.1 Å². The van der Waals surface area contributed by atoms with E-state index in [0.29, 0.717) is 27.6 Å². The van der Waals surface area contributed by atoms with Gasteiger partial charge in [-0.05, 0) is 42.8 Å². The van der Waals surface area contributed by atoms with E-state index >= 15 is 0 Å². The number of rotatable bonds is 5. The van der Waals surface area contributed by atoms with Gasteiger partial charge in [0.25, 0.3) is 5.56 Å². The third-order valence-corrected chi connectivity index (χ3v) is 6.61. The van der Waals surface area contributed by atoms with Crippen molar-refractivity contribution in [2.75, 3.05) is 18.2 Å². The van der Waals surface area contributed by atoms with Crippen LogP contribution in [-0.2, 0) is 4.79 Å². The van der Waals surface area contributed by atoms with Crippen LogP contribution in [0.2, 0.25) is 0 Å². The lowest BCUT2D eigenvalue weighted by Gasteiger charge is -2.14. The Bertz CT molecular complexity index is 1380. The number of hydrogen-bond acceptors (Lipinski definition) is 6. The van der Waals surface area contributed by atoms with Crippen LogP contribution in [0, 0.1) is 6.92 Å². The fourth-order valence-electron chi connectivity index (χ4n) is 3.86. The molecule has 0 aliphatic carbocycles. The zero-order valence-corrected chi connectivity index (χ0v) is 18.4. The Kier molecular flexibility index (Phi) is 5.18. The number of nitrogens with one attached hydrogen (secondary N) is 1. The van der Waals surface area contributed by atoms with Crippen LogP contribution < -0.4 is 15.6 Å². The summed E-state index contributed by atoms with van der Waals surface area (Å²) in [5, 5.41) is 8.36. The van der Waals surface area contributed by atoms with Crippen LogP contribution in [0.1, 0.15) is 18.0 Å². The zero-order valence-electron chi connectivity index (χ0n) is 17.6. The van der Waals surface area contributed by atoms with E-state index in [9.17, 15) is 9.59 Å². The molecule has 4 aromatic rings. The summed E-state index contributed by atoms with van der Waals surface area (Å²) in [6.07, 6.45) is 1.74. The van der Waals surface area contributed by atoms with Crippen LogP contribution in [-0.4, -0.2) is 38.1 Å². The van der Waals surface area contributed by atoms with Gasteiger partial charge in [-0.15, -0.1) is 0 Å². The van der Waals surface area contributed by atoms with E-state index in [4.69, 9.17) is 9.72 Å². The Morgan fingerprint density at radius 3 is 2.75 bits per heavy atom. The lowest BCUT2D eigenvalue weighted by atomic mass is 10.2. The van der Waals surface area contributed by atoms with Crippen molar-refractivity contribution in [3.8, 4) is 11.4 Å². The molecule has 1 aliphatic rings. The summed E-state index contributed by atoms with van der Waals surface area (Å²) >= 11 is 1.48. The monoisotopic (exact) mass is 447 g/mol. The number of amides is 1. The highest BCUT2D eigenvalue weighted by Gasteiger charge is 2.29. The molecule has 0 spiro atoms. The number of nitrogens with zero attached hydrogens (tertiary/aromatic N) is 4. The summed E-state index contributed by atoms with van der Waals surface area (Å²) in [5.74, 6) is 1.18. The molecule has 1 atom stereocenters. The van der Waals surface area contributed by atoms with Crippen LogP contribution in [0.3, 0.4) is 0 Å². The number of thioether (sulfide) groups is 1. The molecule has 0 bridgehead atoms. The van der Waals surface area contributed by atoms with Gasteiger partial charge in [0.05, 0.1) is 25.0 Å². The molecule has 1 unspecified atom stereocenters. The summed E-state index contributed by atoms with van der Waals surface area (Å²) in [4.78, 5) is 30.6. The van der Waals surface area contributed by atoms with E-state index in [-0.39, 0.29) is 23.9 Å². The molecule has 5 rings (SSSR count). The van der Waals surface area contributed by atoms with Crippen molar-refractivity contribution in [1.29, 1.82) is 0 Å². The largest absolute Gasteiger partial charge is 0.497 e. The maximum Gasteiger partial charge on any atom is 0.265 e. The lowest BCUT2D eigenvalue weighted by molar-refractivity contribution is -0.116. The van der Waals surface area contributed by atoms with Crippen molar-refractivity contribution in [3.63, 3.8) is 0 Å². The maximum absolute atomic E-state index is 13.3. The van der Waals surface area contributed by atoms with Crippen molar-refractivity contribution in [2.24, 2.45) is 0 Å². The molecule has 162 valence electrons. The molecule has 32 heavy (non-hydrogen) atoms. The number of aromatic nitrogens is 4. The van der Waals surface area contributed by atoms with Gasteiger partial charge in [-0.25, -0.2) is 9.67 Å². The van der Waals surface area contributed by atoms with Gasteiger partial charge in [0.2, 0.25) is 5.91 Å². The highest BCUT2D eigenvalue weighted by molar-refractivity contribution is 7.99. The number of carbonyl (C=O) groups is 1. The van der Waals surface area contributed by atoms with E-state index in [0.717, 1.165) is 17.0 Å². The van der Waals surface area contributed by atoms with Gasteiger partial charge in [-0.2, -0.15) is 5.10 Å². The van der Waals surface area contributed by atoms with Gasteiger partial charge in [0, 0.05) is 17.9 Å². The minimum atomic E-state index is -0.264. The van der Waals surface area contributed by atoms with E-state index < -0.39 is 0 Å². The van der Waals surface area contributed by atoms with Crippen LogP contribution in [0.25, 0.3) is 16.7 Å². The number of anilines is 1. The average molecular weight is 448 g/mol. The highest BCUT2D eigenvalue weighted by atomic mass is 32.2. The molecule has 8 nitrogen and oxygen atoms in total. The molecule has 2 aromatic heterocycles. The maximum atomic E-state index is 13.3. The van der Waals surface area contributed by atoms with Gasteiger partial charge in [0.1, 0.15) is 11.1 Å². The third kappa shape index (κ3) is 3.54. The summed E-state index contributed by atoms with van der Waals surface area (Å²) in [6.45, 7) is 2.00. The van der Waals surface area contributed by atoms with Crippen LogP contribution in [0.5, 0.6) is 5.75 Å². The van der Waals surface area contributed by atoms with Gasteiger partial charge in [0.15, 0.2) is 10.8 Å². The summed E-state index contributed by atoms with van der Waals surface area (Å²) < 4.78 is 8.47. The van der Waals surface area contributed by atoms with Gasteiger partial charge in [-0.1, -0.05) is 30.0 Å². The molecule has 0 saturated heterocycles. The predicted molar refractivity (Wildman–Crippen MR) is 124 cm³/mol. The Hall–Kier alpha value is -3.59. The zero-order chi connectivity index (χ0) is 22.2. The average Bonchev–Trinajstić information content (AvgIpc) is 3.39. The molecular weight excluding hydrogens is 426 g/mol. The first-order valence-corrected chi connectivity index (χ1v) is 11.2. The van der Waals surface area contributed by atoms with E-state index in [1.54, 1.807) is 46.8 Å². The third-order valence-electron chi connectivity index (χ3n) is 5.51. The molecule has 1 aliphatic heterocycles. The molecule has 1 amide bonds. The Labute approximate surface area is 188 Å². The minimum Gasteiger partial charge on any atom is -0.497 e. The number of fused-ring (bicyclic) bond motifs is 2. The van der Waals surface area contributed by atoms with E-state index in [2.05, 4.69) is 10.4 Å². The molecule has 2 aromatic carbocycles. The fraction of sp³-hybridized carbons (Fsp3) is 0.217. The molecule has 0 saturated carbocycles. The van der Waals surface area contributed by atoms with Crippen molar-refractivity contribution in [1.82, 2.24) is 19.3 Å². The van der Waals surface area contributed by atoms with E-state index in [1.165, 1.54) is 11.8 Å². The first-order chi connectivity index (χ1) is 15.5. The molecule has 1 N–H and O–H groups in total. The normalized spacial score (nSPS) is 15.0. The number of para-hydroxylation sites is 1. The van der Waals surface area contributed by atoms with Crippen molar-refractivity contribution < 1.29 is 9.53 Å². The number of benzene rings is 2. The Morgan fingerprint density at radius 2 is 2.00 bits per heavy atom. The predicted octanol–water partition coefficient (Wildman–Crippen LogP) is 3.57. The first kappa shape index (κ1) is 20.3. The number of methoxy groups -OCH3 is 1. The first-order valence-electron chi connectivity index (χ1n) is 10.2. The number of ether oxygens (including phenoxy) is 1. The SMILES string of the molecule is COc1ccc(NC(=O)CC2CSc3nc4c(cnn4-c4ccccc4C)c(=O)n32)cc1. The second-order valence-electron chi connectivity index (χ2n) is 7.60. The van der Waals surface area contributed by atoms with Gasteiger partial charge in [-0.3, -0.25) is 14.2 Å². The number of aryl methyl sites for hydroxylation is 1. The minimum absolute atomic E-state index is 0.156. The van der Waals surface area contributed by atoms with Crippen molar-refractivity contribution >= 4 is 34.4 Å².